The second kappa shape index (κ2) is 27.9. The predicted molar refractivity (Wildman–Crippen MR) is 93.5 cm³/mol. The third-order valence-electron chi connectivity index (χ3n) is 1.94. The first-order valence-corrected chi connectivity index (χ1v) is 4.93. The molecule has 2 radical (unpaired) electrons. The van der Waals surface area contributed by atoms with Crippen LogP contribution in [0, 0.1) is 20.2 Å². The van der Waals surface area contributed by atoms with Crippen molar-refractivity contribution >= 4 is 23.3 Å². The van der Waals surface area contributed by atoms with Crippen LogP contribution in [-0.2, 0) is 66.4 Å². The summed E-state index contributed by atoms with van der Waals surface area (Å²) in [5.41, 5.74) is -2.78. The largest absolute Gasteiger partial charge is 2.00 e. The molecular formula is C8H24Co2N6O16+6. The molecule has 0 unspecified atom stereocenters. The number of rotatable bonds is 4. The van der Waals surface area contributed by atoms with Crippen LogP contribution in [0.2, 0.25) is 0 Å². The Labute approximate surface area is 195 Å². The fraction of sp³-hybridized carbons (Fsp3) is 0. The summed E-state index contributed by atoms with van der Waals surface area (Å²) in [6.45, 7) is 0. The molecule has 0 amide bonds. The summed E-state index contributed by atoms with van der Waals surface area (Å²) in [5, 5.41) is 52.3. The standard InChI is InChI=1S/2C4H3N3O4.2Co.8H2O/c2*8-4(9)3-2(7(10)11)1-5-6-3;;;;;;;;;;/h2*1H,(H2,5,6,8,9);;;8*1H2/q;;2*+2;;;;;;;;/p+2. The Morgan fingerprint density at radius 1 is 0.688 bits per heavy atom. The molecule has 0 aliphatic rings. The Kier molecular flexibility index (Phi) is 54.8. The molecule has 0 saturated carbocycles. The van der Waals surface area contributed by atoms with Gasteiger partial charge in [-0.1, -0.05) is 12.4 Å². The van der Waals surface area contributed by atoms with Gasteiger partial charge < -0.3 is 84.0 Å². The van der Waals surface area contributed by atoms with E-state index in [1.165, 1.54) is 0 Å². The van der Waals surface area contributed by atoms with Gasteiger partial charge in [0.25, 0.3) is 11.4 Å². The average Bonchev–Trinajstić information content (AvgIpc) is 3.08. The van der Waals surface area contributed by atoms with E-state index >= 15 is 0 Å². The fourth-order valence-electron chi connectivity index (χ4n) is 1.07. The number of carboxylic acids is 2. The van der Waals surface area contributed by atoms with Crippen LogP contribution in [0.3, 0.4) is 0 Å². The van der Waals surface area contributed by atoms with E-state index in [1.54, 1.807) is 0 Å². The zero-order valence-electron chi connectivity index (χ0n) is 15.2. The van der Waals surface area contributed by atoms with Crippen LogP contribution < -0.4 is 20.4 Å². The molecule has 2 rings (SSSR count). The van der Waals surface area contributed by atoms with Crippen molar-refractivity contribution in [3.05, 3.63) is 44.0 Å². The molecule has 2 aromatic rings. The summed E-state index contributed by atoms with van der Waals surface area (Å²) in [6.07, 6.45) is 1.51. The maximum Gasteiger partial charge on any atom is 2.00 e. The Bertz CT molecular complexity index is 633. The number of hydrogen-bond acceptors (Lipinski definition) is 10. The fourth-order valence-corrected chi connectivity index (χ4v) is 1.07. The van der Waals surface area contributed by atoms with E-state index in [2.05, 4.69) is 20.4 Å². The van der Waals surface area contributed by atoms with Gasteiger partial charge in [0.15, 0.2) is 0 Å². The smallest absolute Gasteiger partial charge is 0.575 e. The van der Waals surface area contributed by atoms with Gasteiger partial charge in [-0.25, -0.2) is 0 Å². The Balaban J connectivity index is -0.0000000288. The summed E-state index contributed by atoms with van der Waals surface area (Å²) in [6, 6.07) is 0. The summed E-state index contributed by atoms with van der Waals surface area (Å²) in [7, 11) is 0. The molecule has 0 atom stereocenters. The molecule has 0 saturated heterocycles. The molecule has 0 aliphatic carbocycles. The van der Waals surface area contributed by atoms with Crippen molar-refractivity contribution in [2.45, 2.75) is 0 Å². The SMILES string of the molecule is O.O.O=C([O-])c1n[n-]cc1[N+](=O)[O-].O=C([O-])c1n[n-]cc1[N+](=O)[O-].[Co+2].[Co+2].[OH3+].[OH3+].[OH3+].[OH3+].[OH3+].[OH3+]. The summed E-state index contributed by atoms with van der Waals surface area (Å²) in [4.78, 5) is 38.4. The van der Waals surface area contributed by atoms with Crippen molar-refractivity contribution in [1.29, 1.82) is 0 Å². The molecule has 0 aliphatic heterocycles. The molecule has 2 heterocycles. The minimum absolute atomic E-state index is 0. The second-order valence-corrected chi connectivity index (χ2v) is 3.25. The number of nitrogens with zero attached hydrogens (tertiary/aromatic N) is 6. The third-order valence-corrected chi connectivity index (χ3v) is 1.94. The van der Waals surface area contributed by atoms with Crippen molar-refractivity contribution < 1.29 is 107 Å². The number of aromatic nitrogens is 4. The molecule has 0 spiro atoms. The molecule has 0 aromatic carbocycles. The van der Waals surface area contributed by atoms with Crippen LogP contribution in [0.5, 0.6) is 0 Å². The zero-order valence-corrected chi connectivity index (χ0v) is 17.3. The number of hydrogen-bond donors (Lipinski definition) is 0. The average molecular weight is 578 g/mol. The van der Waals surface area contributed by atoms with E-state index in [0.29, 0.717) is 0 Å². The maximum absolute atomic E-state index is 10.1. The minimum atomic E-state index is -1.70. The number of carbonyl (C=O) groups is 2. The van der Waals surface area contributed by atoms with Crippen LogP contribution >= 0.6 is 0 Å². The van der Waals surface area contributed by atoms with Crippen LogP contribution in [-0.4, -0.2) is 42.9 Å². The van der Waals surface area contributed by atoms with Crippen molar-refractivity contribution in [3.63, 3.8) is 0 Å². The first-order valence-electron chi connectivity index (χ1n) is 4.93. The van der Waals surface area contributed by atoms with Crippen molar-refractivity contribution in [1.82, 2.24) is 20.4 Å². The van der Waals surface area contributed by atoms with E-state index < -0.39 is 44.5 Å². The van der Waals surface area contributed by atoms with Gasteiger partial charge in [-0.2, -0.15) is 0 Å². The van der Waals surface area contributed by atoms with Crippen LogP contribution in [0.1, 0.15) is 21.0 Å². The Morgan fingerprint density at radius 3 is 1.03 bits per heavy atom. The topological polar surface area (TPSA) is 482 Å². The molecule has 194 valence electrons. The van der Waals surface area contributed by atoms with Gasteiger partial charge in [0.1, 0.15) is 11.4 Å². The molecule has 0 bridgehead atoms. The second-order valence-electron chi connectivity index (χ2n) is 3.25. The number of carbonyl (C=O) groups excluding carboxylic acids is 2. The molecular weight excluding hydrogens is 554 g/mol. The first kappa shape index (κ1) is 63.0. The molecule has 22 N–H and O–H groups in total. The van der Waals surface area contributed by atoms with Gasteiger partial charge in [0.2, 0.25) is 0 Å². The summed E-state index contributed by atoms with van der Waals surface area (Å²) in [5.74, 6) is -3.40. The van der Waals surface area contributed by atoms with Gasteiger partial charge in [-0.3, -0.25) is 20.2 Å². The van der Waals surface area contributed by atoms with Crippen LogP contribution in [0.15, 0.2) is 12.4 Å². The number of carboxylic acid groups (broad SMARTS) is 2. The Hall–Kier alpha value is -3.15. The monoisotopic (exact) mass is 578 g/mol. The first-order chi connectivity index (χ1) is 10.3. The number of nitro groups is 2. The molecule has 0 fully saturated rings. The molecule has 2 aromatic heterocycles. The van der Waals surface area contributed by atoms with Crippen molar-refractivity contribution in [3.8, 4) is 0 Å². The maximum atomic E-state index is 10.1. The molecule has 22 nitrogen and oxygen atoms in total. The van der Waals surface area contributed by atoms with E-state index in [0.717, 1.165) is 12.4 Å². The van der Waals surface area contributed by atoms with Gasteiger partial charge in [-0.15, -0.1) is 0 Å². The number of aromatic carboxylic acids is 2. The zero-order chi connectivity index (χ0) is 16.9. The van der Waals surface area contributed by atoms with Gasteiger partial charge in [-0.05, 0) is 0 Å². The molecule has 32 heavy (non-hydrogen) atoms. The van der Waals surface area contributed by atoms with Crippen LogP contribution in [0.25, 0.3) is 0 Å². The summed E-state index contributed by atoms with van der Waals surface area (Å²) < 4.78 is 0. The van der Waals surface area contributed by atoms with E-state index in [9.17, 15) is 40.0 Å². The van der Waals surface area contributed by atoms with Gasteiger partial charge >= 0.3 is 33.6 Å². The predicted octanol–water partition coefficient (Wildman–Crippen LogP) is -10.6. The quantitative estimate of drug-likeness (QED) is 0.185. The molecule has 24 heteroatoms. The van der Waals surface area contributed by atoms with E-state index in [-0.39, 0.29) is 77.4 Å². The van der Waals surface area contributed by atoms with Crippen LogP contribution in [0.4, 0.5) is 11.4 Å². The van der Waals surface area contributed by atoms with E-state index in [4.69, 9.17) is 0 Å². The van der Waals surface area contributed by atoms with Gasteiger partial charge in [0.05, 0.1) is 21.8 Å². The third kappa shape index (κ3) is 16.6. The van der Waals surface area contributed by atoms with Gasteiger partial charge in [0, 0.05) is 0 Å². The summed E-state index contributed by atoms with van der Waals surface area (Å²) >= 11 is 0. The van der Waals surface area contributed by atoms with E-state index in [1.807, 2.05) is 0 Å². The Morgan fingerprint density at radius 2 is 0.906 bits per heavy atom. The van der Waals surface area contributed by atoms with Crippen molar-refractivity contribution in [2.24, 2.45) is 0 Å². The minimum Gasteiger partial charge on any atom is -0.575 e. The van der Waals surface area contributed by atoms with Crippen molar-refractivity contribution in [2.75, 3.05) is 0 Å². The normalized spacial score (nSPS) is 6.50.